The Morgan fingerprint density at radius 3 is 2.68 bits per heavy atom. The first kappa shape index (κ1) is 21.2. The first-order valence-corrected chi connectivity index (χ1v) is 10.6. The molecule has 2 aliphatic rings. The van der Waals surface area contributed by atoms with Gasteiger partial charge in [0.15, 0.2) is 0 Å². The second kappa shape index (κ2) is 8.63. The molecule has 0 atom stereocenters. The third kappa shape index (κ3) is 4.25. The number of carbonyl (C=O) groups is 2. The van der Waals surface area contributed by atoms with E-state index >= 15 is 0 Å². The Kier molecular flexibility index (Phi) is 5.91. The molecule has 4 rings (SSSR count). The van der Waals surface area contributed by atoms with Crippen LogP contribution in [-0.4, -0.2) is 59.6 Å². The molecule has 1 N–H and O–H groups in total. The van der Waals surface area contributed by atoms with Gasteiger partial charge >= 0.3 is 6.09 Å². The fourth-order valence-electron chi connectivity index (χ4n) is 3.98. The van der Waals surface area contributed by atoms with Gasteiger partial charge in [0.2, 0.25) is 0 Å². The van der Waals surface area contributed by atoms with Crippen LogP contribution in [0.15, 0.2) is 23.0 Å². The van der Waals surface area contributed by atoms with Gasteiger partial charge in [0.25, 0.3) is 11.5 Å². The summed E-state index contributed by atoms with van der Waals surface area (Å²) in [5.41, 5.74) is 3.30. The van der Waals surface area contributed by atoms with Crippen molar-refractivity contribution in [2.45, 2.75) is 26.8 Å². The average Bonchev–Trinajstić information content (AvgIpc) is 3.12. The second-order valence-electron chi connectivity index (χ2n) is 7.78. The van der Waals surface area contributed by atoms with E-state index in [0.29, 0.717) is 49.5 Å². The fraction of sp³-hybridized carbons (Fsp3) is 0.409. The number of H-pyrrole nitrogens is 1. The summed E-state index contributed by atoms with van der Waals surface area (Å²) in [5, 5.41) is 0.255. The van der Waals surface area contributed by atoms with Crippen molar-refractivity contribution in [2.24, 2.45) is 0 Å². The number of benzene rings is 1. The maximum Gasteiger partial charge on any atom is 0.410 e. The SMILES string of the molecule is Cc1cc(C)c(CN2CCc3ccc(OCCN4CCOC4=O)c(Cl)c3C2=O)c(=O)[nH]1. The predicted molar refractivity (Wildman–Crippen MR) is 115 cm³/mol. The Bertz CT molecular complexity index is 1100. The highest BCUT2D eigenvalue weighted by Crippen LogP contribution is 2.34. The van der Waals surface area contributed by atoms with Crippen LogP contribution in [0, 0.1) is 13.8 Å². The quantitative estimate of drug-likeness (QED) is 0.738. The minimum atomic E-state index is -0.354. The summed E-state index contributed by atoms with van der Waals surface area (Å²) >= 11 is 6.55. The molecule has 0 radical (unpaired) electrons. The van der Waals surface area contributed by atoms with Crippen LogP contribution in [0.2, 0.25) is 5.02 Å². The number of nitrogens with zero attached hydrogens (tertiary/aromatic N) is 2. The molecule has 2 amide bonds. The molecular formula is C22H24ClN3O5. The van der Waals surface area contributed by atoms with E-state index < -0.39 is 0 Å². The molecule has 0 aliphatic carbocycles. The topological polar surface area (TPSA) is 91.9 Å². The zero-order chi connectivity index (χ0) is 22.1. The van der Waals surface area contributed by atoms with E-state index in [1.165, 1.54) is 0 Å². The van der Waals surface area contributed by atoms with Gasteiger partial charge in [-0.2, -0.15) is 0 Å². The number of halogens is 1. The lowest BCUT2D eigenvalue weighted by Gasteiger charge is -2.30. The lowest BCUT2D eigenvalue weighted by molar-refractivity contribution is 0.0725. The molecule has 1 fully saturated rings. The van der Waals surface area contributed by atoms with Gasteiger partial charge in [-0.25, -0.2) is 4.79 Å². The normalized spacial score (nSPS) is 15.8. The molecule has 0 bridgehead atoms. The highest BCUT2D eigenvalue weighted by molar-refractivity contribution is 6.35. The van der Waals surface area contributed by atoms with Crippen LogP contribution in [-0.2, 0) is 17.7 Å². The van der Waals surface area contributed by atoms with Crippen molar-refractivity contribution in [1.82, 2.24) is 14.8 Å². The van der Waals surface area contributed by atoms with E-state index in [0.717, 1.165) is 16.8 Å². The van der Waals surface area contributed by atoms with Gasteiger partial charge in [-0.1, -0.05) is 17.7 Å². The number of aromatic nitrogens is 1. The average molecular weight is 446 g/mol. The molecule has 9 heteroatoms. The molecule has 31 heavy (non-hydrogen) atoms. The molecule has 0 spiro atoms. The summed E-state index contributed by atoms with van der Waals surface area (Å²) in [4.78, 5) is 43.1. The monoisotopic (exact) mass is 445 g/mol. The zero-order valence-corrected chi connectivity index (χ0v) is 18.3. The van der Waals surface area contributed by atoms with Crippen molar-refractivity contribution in [2.75, 3.05) is 32.8 Å². The number of rotatable bonds is 6. The van der Waals surface area contributed by atoms with Crippen LogP contribution < -0.4 is 10.3 Å². The number of pyridine rings is 1. The molecule has 8 nitrogen and oxygen atoms in total. The van der Waals surface area contributed by atoms with Crippen LogP contribution in [0.5, 0.6) is 5.75 Å². The van der Waals surface area contributed by atoms with Gasteiger partial charge in [-0.3, -0.25) is 9.59 Å². The Hall–Kier alpha value is -3.00. The van der Waals surface area contributed by atoms with Crippen LogP contribution in [0.1, 0.15) is 32.7 Å². The van der Waals surface area contributed by atoms with E-state index in [1.54, 1.807) is 15.9 Å². The fourth-order valence-corrected chi connectivity index (χ4v) is 4.30. The van der Waals surface area contributed by atoms with Crippen LogP contribution in [0.4, 0.5) is 4.79 Å². The van der Waals surface area contributed by atoms with E-state index in [4.69, 9.17) is 21.1 Å². The zero-order valence-electron chi connectivity index (χ0n) is 17.5. The third-order valence-corrected chi connectivity index (χ3v) is 6.03. The van der Waals surface area contributed by atoms with Crippen molar-refractivity contribution >= 4 is 23.6 Å². The van der Waals surface area contributed by atoms with Gasteiger partial charge in [0.05, 0.1) is 30.2 Å². The lowest BCUT2D eigenvalue weighted by atomic mass is 9.97. The molecule has 0 saturated carbocycles. The standard InChI is InChI=1S/C22H24ClN3O5/c1-13-11-14(2)24-20(27)16(13)12-26-6-5-15-3-4-17(19(23)18(15)21(26)28)30-9-7-25-8-10-31-22(25)29/h3-4,11H,5-10,12H2,1-2H3,(H,24,27). The van der Waals surface area contributed by atoms with E-state index in [1.807, 2.05) is 26.0 Å². The molecule has 1 saturated heterocycles. The lowest BCUT2D eigenvalue weighted by Crippen LogP contribution is -2.39. The minimum absolute atomic E-state index is 0.181. The first-order valence-electron chi connectivity index (χ1n) is 10.2. The van der Waals surface area contributed by atoms with Gasteiger partial charge in [-0.05, 0) is 43.5 Å². The Labute approximate surface area is 184 Å². The molecule has 0 unspecified atom stereocenters. The number of nitrogens with one attached hydrogen (secondary N) is 1. The maximum absolute atomic E-state index is 13.2. The predicted octanol–water partition coefficient (Wildman–Crippen LogP) is 2.67. The molecule has 2 aliphatic heterocycles. The number of ether oxygens (including phenoxy) is 2. The summed E-state index contributed by atoms with van der Waals surface area (Å²) < 4.78 is 10.7. The van der Waals surface area contributed by atoms with E-state index in [-0.39, 0.29) is 35.7 Å². The highest BCUT2D eigenvalue weighted by Gasteiger charge is 2.29. The van der Waals surface area contributed by atoms with Crippen molar-refractivity contribution in [3.8, 4) is 5.75 Å². The van der Waals surface area contributed by atoms with Gasteiger partial charge in [0.1, 0.15) is 19.0 Å². The van der Waals surface area contributed by atoms with Gasteiger partial charge in [0, 0.05) is 17.8 Å². The summed E-state index contributed by atoms with van der Waals surface area (Å²) in [6.45, 7) is 5.95. The van der Waals surface area contributed by atoms with E-state index in [9.17, 15) is 14.4 Å². The van der Waals surface area contributed by atoms with Crippen molar-refractivity contribution < 1.29 is 19.1 Å². The van der Waals surface area contributed by atoms with Gasteiger partial charge < -0.3 is 24.3 Å². The van der Waals surface area contributed by atoms with E-state index in [2.05, 4.69) is 4.98 Å². The third-order valence-electron chi connectivity index (χ3n) is 5.65. The Morgan fingerprint density at radius 2 is 1.97 bits per heavy atom. The summed E-state index contributed by atoms with van der Waals surface area (Å²) in [6, 6.07) is 5.50. The summed E-state index contributed by atoms with van der Waals surface area (Å²) in [5.74, 6) is 0.173. The maximum atomic E-state index is 13.2. The second-order valence-corrected chi connectivity index (χ2v) is 8.16. The molecule has 1 aromatic heterocycles. The van der Waals surface area contributed by atoms with Crippen LogP contribution in [0.3, 0.4) is 0 Å². The Balaban J connectivity index is 1.50. The number of carbonyl (C=O) groups excluding carboxylic acids is 2. The Morgan fingerprint density at radius 1 is 1.16 bits per heavy atom. The smallest absolute Gasteiger partial charge is 0.410 e. The van der Waals surface area contributed by atoms with Gasteiger partial charge in [-0.15, -0.1) is 0 Å². The number of aromatic amines is 1. The molecule has 1 aromatic carbocycles. The largest absolute Gasteiger partial charge is 0.490 e. The van der Waals surface area contributed by atoms with Crippen molar-refractivity contribution in [3.63, 3.8) is 0 Å². The number of aryl methyl sites for hydroxylation is 2. The first-order chi connectivity index (χ1) is 14.8. The summed E-state index contributed by atoms with van der Waals surface area (Å²) in [6.07, 6.45) is 0.288. The molecule has 2 aromatic rings. The van der Waals surface area contributed by atoms with Crippen molar-refractivity contribution in [3.05, 3.63) is 61.5 Å². The number of hydrogen-bond donors (Lipinski definition) is 1. The minimum Gasteiger partial charge on any atom is -0.490 e. The number of cyclic esters (lactones) is 1. The highest BCUT2D eigenvalue weighted by atomic mass is 35.5. The van der Waals surface area contributed by atoms with Crippen LogP contribution >= 0.6 is 11.6 Å². The van der Waals surface area contributed by atoms with Crippen LogP contribution in [0.25, 0.3) is 0 Å². The molecule has 164 valence electrons. The number of hydrogen-bond acceptors (Lipinski definition) is 5. The summed E-state index contributed by atoms with van der Waals surface area (Å²) in [7, 11) is 0. The molecular weight excluding hydrogens is 422 g/mol. The number of fused-ring (bicyclic) bond motifs is 1. The van der Waals surface area contributed by atoms with Crippen molar-refractivity contribution in [1.29, 1.82) is 0 Å². The number of amides is 2. The molecule has 3 heterocycles.